The van der Waals surface area contributed by atoms with Crippen LogP contribution in [0.1, 0.15) is 65.5 Å². The van der Waals surface area contributed by atoms with Crippen molar-refractivity contribution in [1.82, 2.24) is 0 Å². The Bertz CT molecular complexity index is 716. The van der Waals surface area contributed by atoms with E-state index >= 15 is 0 Å². The standard InChI is InChI=1S/C26H46O8S2Si2/c1-7-29-37(30-8-2,31-9-3)21-15-19-27-25(35)23-17-13-14-18-24(23)26(36)28-20-16-22-38(32-10-4,33-11-5)34-12-6/h13-14,17-18H,7-12,15-16,19-22H2,1-6H3. The quantitative estimate of drug-likeness (QED) is 0.0898. The van der Waals surface area contributed by atoms with E-state index in [9.17, 15) is 0 Å². The molecule has 1 aromatic carbocycles. The molecule has 0 aromatic heterocycles. The molecular formula is C26H46O8S2Si2. The molecule has 218 valence electrons. The van der Waals surface area contributed by atoms with Gasteiger partial charge in [0, 0.05) is 62.9 Å². The van der Waals surface area contributed by atoms with Crippen LogP contribution in [0.5, 0.6) is 0 Å². The van der Waals surface area contributed by atoms with E-state index < -0.39 is 17.6 Å². The second kappa shape index (κ2) is 20.1. The summed E-state index contributed by atoms with van der Waals surface area (Å²) in [7, 11) is -5.42. The van der Waals surface area contributed by atoms with Gasteiger partial charge in [0.15, 0.2) is 10.1 Å². The summed E-state index contributed by atoms with van der Waals surface area (Å²) >= 11 is 11.2. The van der Waals surface area contributed by atoms with Gasteiger partial charge >= 0.3 is 17.6 Å². The lowest BCUT2D eigenvalue weighted by Gasteiger charge is -2.28. The molecule has 0 atom stereocenters. The first kappa shape index (κ1) is 35.2. The largest absolute Gasteiger partial charge is 0.501 e. The van der Waals surface area contributed by atoms with Gasteiger partial charge in [-0.2, -0.15) is 0 Å². The molecule has 0 bridgehead atoms. The van der Waals surface area contributed by atoms with Gasteiger partial charge in [-0.1, -0.05) is 12.1 Å². The Morgan fingerprint density at radius 1 is 0.553 bits per heavy atom. The first-order valence-electron chi connectivity index (χ1n) is 13.6. The summed E-state index contributed by atoms with van der Waals surface area (Å²) in [4.78, 5) is 0. The highest BCUT2D eigenvalue weighted by Gasteiger charge is 2.40. The lowest BCUT2D eigenvalue weighted by atomic mass is 10.1. The summed E-state index contributed by atoms with van der Waals surface area (Å²) in [5.41, 5.74) is 1.47. The smallest absolute Gasteiger partial charge is 0.483 e. The van der Waals surface area contributed by atoms with Crippen LogP contribution in [0.4, 0.5) is 0 Å². The highest BCUT2D eigenvalue weighted by Crippen LogP contribution is 2.21. The number of thiocarbonyl (C=S) groups is 2. The number of hydrogen-bond donors (Lipinski definition) is 0. The molecule has 0 radical (unpaired) electrons. The summed E-state index contributed by atoms with van der Waals surface area (Å²) in [6, 6.07) is 8.91. The lowest BCUT2D eigenvalue weighted by molar-refractivity contribution is 0.0688. The minimum Gasteiger partial charge on any atom is -0.483 e. The van der Waals surface area contributed by atoms with E-state index in [4.69, 9.17) is 60.5 Å². The van der Waals surface area contributed by atoms with Gasteiger partial charge in [-0.25, -0.2) is 0 Å². The van der Waals surface area contributed by atoms with Crippen LogP contribution in [0.3, 0.4) is 0 Å². The van der Waals surface area contributed by atoms with E-state index in [-0.39, 0.29) is 0 Å². The van der Waals surface area contributed by atoms with Gasteiger partial charge in [0.25, 0.3) is 0 Å². The fraction of sp³-hybridized carbons (Fsp3) is 0.692. The van der Waals surface area contributed by atoms with Crippen molar-refractivity contribution in [3.63, 3.8) is 0 Å². The monoisotopic (exact) mass is 606 g/mol. The number of hydrogen-bond acceptors (Lipinski definition) is 10. The molecule has 0 saturated carbocycles. The summed E-state index contributed by atoms with van der Waals surface area (Å²) in [6.07, 6.45) is 1.39. The van der Waals surface area contributed by atoms with Crippen molar-refractivity contribution in [1.29, 1.82) is 0 Å². The molecule has 1 aromatic rings. The second-order valence-electron chi connectivity index (χ2n) is 7.99. The Morgan fingerprint density at radius 2 is 0.842 bits per heavy atom. The molecule has 0 aliphatic heterocycles. The molecule has 0 amide bonds. The minimum atomic E-state index is -2.71. The molecule has 0 saturated heterocycles. The molecule has 0 aliphatic carbocycles. The van der Waals surface area contributed by atoms with Crippen LogP contribution in [0.25, 0.3) is 0 Å². The Labute approximate surface area is 242 Å². The van der Waals surface area contributed by atoms with Crippen LogP contribution in [-0.4, -0.2) is 80.6 Å². The van der Waals surface area contributed by atoms with Gasteiger partial charge < -0.3 is 36.0 Å². The van der Waals surface area contributed by atoms with Crippen molar-refractivity contribution >= 4 is 52.1 Å². The third kappa shape index (κ3) is 12.2. The van der Waals surface area contributed by atoms with Gasteiger partial charge in [-0.05, 0) is 91.0 Å². The molecule has 0 spiro atoms. The maximum atomic E-state index is 5.93. The maximum absolute atomic E-state index is 5.93. The molecule has 0 unspecified atom stereocenters. The summed E-state index contributed by atoms with van der Waals surface area (Å²) in [5, 5.41) is 0.747. The van der Waals surface area contributed by atoms with E-state index in [0.717, 1.165) is 11.1 Å². The van der Waals surface area contributed by atoms with E-state index in [1.807, 2.05) is 65.8 Å². The molecule has 38 heavy (non-hydrogen) atoms. The van der Waals surface area contributed by atoms with E-state index in [2.05, 4.69) is 0 Å². The van der Waals surface area contributed by atoms with Crippen molar-refractivity contribution in [2.75, 3.05) is 52.9 Å². The number of rotatable bonds is 22. The Morgan fingerprint density at radius 3 is 1.11 bits per heavy atom. The van der Waals surface area contributed by atoms with Crippen molar-refractivity contribution in [2.24, 2.45) is 0 Å². The normalized spacial score (nSPS) is 11.9. The van der Waals surface area contributed by atoms with Gasteiger partial charge in [-0.3, -0.25) is 0 Å². The molecule has 0 aliphatic rings. The minimum absolute atomic E-state index is 0.374. The fourth-order valence-electron chi connectivity index (χ4n) is 3.90. The summed E-state index contributed by atoms with van der Waals surface area (Å²) in [6.45, 7) is 15.8. The SMILES string of the molecule is CCO[Si](CCCOC(=S)c1ccccc1C(=S)OCCC[Si](OCC)(OCC)OCC)(OCC)OCC. The van der Waals surface area contributed by atoms with E-state index in [0.29, 0.717) is 87.9 Å². The van der Waals surface area contributed by atoms with Crippen LogP contribution in [0.15, 0.2) is 24.3 Å². The van der Waals surface area contributed by atoms with E-state index in [1.165, 1.54) is 0 Å². The zero-order valence-electron chi connectivity index (χ0n) is 23.9. The number of ether oxygens (including phenoxy) is 2. The first-order chi connectivity index (χ1) is 18.4. The van der Waals surface area contributed by atoms with Gasteiger partial charge in [-0.15, -0.1) is 0 Å². The predicted octanol–water partition coefficient (Wildman–Crippen LogP) is 5.95. The average Bonchev–Trinajstić information content (AvgIpc) is 2.90. The van der Waals surface area contributed by atoms with Crippen molar-refractivity contribution in [3.05, 3.63) is 35.4 Å². The summed E-state index contributed by atoms with van der Waals surface area (Å²) in [5.74, 6) is 0. The van der Waals surface area contributed by atoms with Crippen LogP contribution in [0, 0.1) is 0 Å². The zero-order valence-corrected chi connectivity index (χ0v) is 27.5. The third-order valence-corrected chi connectivity index (χ3v) is 12.3. The number of benzene rings is 1. The second-order valence-corrected chi connectivity index (χ2v) is 14.2. The Balaban J connectivity index is 2.69. The zero-order chi connectivity index (χ0) is 28.3. The van der Waals surface area contributed by atoms with E-state index in [1.54, 1.807) is 0 Å². The maximum Gasteiger partial charge on any atom is 0.501 e. The van der Waals surface area contributed by atoms with Crippen LogP contribution in [0.2, 0.25) is 12.1 Å². The first-order valence-corrected chi connectivity index (χ1v) is 18.3. The lowest BCUT2D eigenvalue weighted by Crippen LogP contribution is -2.46. The fourth-order valence-corrected chi connectivity index (χ4v) is 9.59. The molecule has 8 nitrogen and oxygen atoms in total. The van der Waals surface area contributed by atoms with Crippen molar-refractivity contribution in [2.45, 2.75) is 66.5 Å². The van der Waals surface area contributed by atoms with Gasteiger partial charge in [0.1, 0.15) is 0 Å². The molecule has 0 heterocycles. The third-order valence-electron chi connectivity index (χ3n) is 5.27. The summed E-state index contributed by atoms with van der Waals surface area (Å²) < 4.78 is 47.3. The predicted molar refractivity (Wildman–Crippen MR) is 162 cm³/mol. The Kier molecular flexibility index (Phi) is 18.7. The Hall–Kier alpha value is -0.806. The topological polar surface area (TPSA) is 73.8 Å². The highest BCUT2D eigenvalue weighted by molar-refractivity contribution is 7.81. The molecule has 1 rings (SSSR count). The average molecular weight is 607 g/mol. The van der Waals surface area contributed by atoms with Gasteiger partial charge in [0.2, 0.25) is 0 Å². The highest BCUT2D eigenvalue weighted by atomic mass is 32.1. The van der Waals surface area contributed by atoms with Crippen LogP contribution >= 0.6 is 24.4 Å². The molecular weight excluding hydrogens is 561 g/mol. The molecule has 0 fully saturated rings. The van der Waals surface area contributed by atoms with Crippen molar-refractivity contribution < 1.29 is 36.0 Å². The van der Waals surface area contributed by atoms with Crippen LogP contribution in [-0.2, 0) is 36.0 Å². The molecule has 12 heteroatoms. The van der Waals surface area contributed by atoms with Crippen LogP contribution < -0.4 is 0 Å². The molecule has 0 N–H and O–H groups in total. The van der Waals surface area contributed by atoms with Crippen molar-refractivity contribution in [3.8, 4) is 0 Å². The van der Waals surface area contributed by atoms with Gasteiger partial charge in [0.05, 0.1) is 13.2 Å².